The van der Waals surface area contributed by atoms with Crippen molar-refractivity contribution in [3.8, 4) is 0 Å². The summed E-state index contributed by atoms with van der Waals surface area (Å²) in [4.78, 5) is 2.39. The standard InChI is InChI=1S/C17H21N3S.2ClH/c18-17(19)21-12-11-20(13-15-7-3-1-4-8-15)14-16-9-5-2-6-10-16;;/h1-10H,11-14H2,(H3,18,19);2*1H. The molecule has 6 heteroatoms. The molecule has 2 rings (SSSR count). The van der Waals surface area contributed by atoms with Crippen molar-refractivity contribution in [1.29, 1.82) is 5.41 Å². The Morgan fingerprint density at radius 3 is 1.70 bits per heavy atom. The van der Waals surface area contributed by atoms with Gasteiger partial charge in [0, 0.05) is 25.4 Å². The van der Waals surface area contributed by atoms with E-state index in [9.17, 15) is 0 Å². The van der Waals surface area contributed by atoms with Gasteiger partial charge in [0.15, 0.2) is 5.17 Å². The molecule has 0 unspecified atom stereocenters. The van der Waals surface area contributed by atoms with Gasteiger partial charge in [0.25, 0.3) is 0 Å². The van der Waals surface area contributed by atoms with E-state index in [1.54, 1.807) is 0 Å². The van der Waals surface area contributed by atoms with Crippen LogP contribution in [0.3, 0.4) is 0 Å². The van der Waals surface area contributed by atoms with Gasteiger partial charge in [-0.1, -0.05) is 72.4 Å². The summed E-state index contributed by atoms with van der Waals surface area (Å²) in [5.74, 6) is 0.842. The number of hydrogen-bond acceptors (Lipinski definition) is 3. The van der Waals surface area contributed by atoms with E-state index >= 15 is 0 Å². The second-order valence-corrected chi connectivity index (χ2v) is 6.03. The number of nitrogens with zero attached hydrogens (tertiary/aromatic N) is 1. The highest BCUT2D eigenvalue weighted by atomic mass is 35.5. The van der Waals surface area contributed by atoms with Gasteiger partial charge >= 0.3 is 0 Å². The fourth-order valence-electron chi connectivity index (χ4n) is 2.18. The zero-order valence-electron chi connectivity index (χ0n) is 12.9. The predicted molar refractivity (Wildman–Crippen MR) is 106 cm³/mol. The van der Waals surface area contributed by atoms with E-state index < -0.39 is 0 Å². The van der Waals surface area contributed by atoms with Crippen LogP contribution in [0.2, 0.25) is 0 Å². The maximum Gasteiger partial charge on any atom is 0.151 e. The summed E-state index contributed by atoms with van der Waals surface area (Å²) >= 11 is 1.40. The Morgan fingerprint density at radius 1 is 0.870 bits per heavy atom. The molecule has 0 radical (unpaired) electrons. The number of halogens is 2. The number of nitrogens with one attached hydrogen (secondary N) is 1. The molecule has 3 N–H and O–H groups in total. The lowest BCUT2D eigenvalue weighted by molar-refractivity contribution is 0.274. The van der Waals surface area contributed by atoms with Gasteiger partial charge in [-0.05, 0) is 11.1 Å². The van der Waals surface area contributed by atoms with Gasteiger partial charge in [-0.3, -0.25) is 10.3 Å². The topological polar surface area (TPSA) is 53.1 Å². The first kappa shape index (κ1) is 21.8. The van der Waals surface area contributed by atoms with E-state index in [0.717, 1.165) is 25.4 Å². The average Bonchev–Trinajstić information content (AvgIpc) is 2.49. The third kappa shape index (κ3) is 8.86. The highest BCUT2D eigenvalue weighted by Gasteiger charge is 2.07. The Labute approximate surface area is 155 Å². The van der Waals surface area contributed by atoms with Gasteiger partial charge in [0.2, 0.25) is 0 Å². The SMILES string of the molecule is Cl.Cl.N=C(N)SCCN(Cc1ccccc1)Cc1ccccc1. The second-order valence-electron chi connectivity index (χ2n) is 4.89. The molecule has 0 aliphatic carbocycles. The summed E-state index contributed by atoms with van der Waals surface area (Å²) in [6.45, 7) is 2.73. The van der Waals surface area contributed by atoms with E-state index in [1.807, 2.05) is 12.1 Å². The normalized spacial score (nSPS) is 9.78. The Balaban J connectivity index is 0.00000242. The minimum Gasteiger partial charge on any atom is -0.379 e. The maximum absolute atomic E-state index is 7.30. The molecule has 0 fully saturated rings. The highest BCUT2D eigenvalue weighted by molar-refractivity contribution is 8.13. The Bertz CT molecular complexity index is 511. The fraction of sp³-hybridized carbons (Fsp3) is 0.235. The Morgan fingerprint density at radius 2 is 1.30 bits per heavy atom. The van der Waals surface area contributed by atoms with Gasteiger partial charge in [-0.25, -0.2) is 0 Å². The van der Waals surface area contributed by atoms with Crippen LogP contribution in [0.4, 0.5) is 0 Å². The number of benzene rings is 2. The molecule has 0 saturated heterocycles. The molecule has 0 heterocycles. The van der Waals surface area contributed by atoms with Crippen LogP contribution in [-0.4, -0.2) is 22.4 Å². The van der Waals surface area contributed by atoms with E-state index in [1.165, 1.54) is 22.9 Å². The molecule has 23 heavy (non-hydrogen) atoms. The van der Waals surface area contributed by atoms with Crippen LogP contribution >= 0.6 is 36.6 Å². The van der Waals surface area contributed by atoms with Gasteiger partial charge in [0.05, 0.1) is 0 Å². The fourth-order valence-corrected chi connectivity index (χ4v) is 2.75. The van der Waals surface area contributed by atoms with Gasteiger partial charge in [0.1, 0.15) is 0 Å². The lowest BCUT2D eigenvalue weighted by Gasteiger charge is -2.22. The number of rotatable bonds is 7. The molecule has 0 aliphatic heterocycles. The second kappa shape index (κ2) is 12.3. The van der Waals surface area contributed by atoms with Crippen molar-refractivity contribution in [2.45, 2.75) is 13.1 Å². The summed E-state index contributed by atoms with van der Waals surface area (Å²) in [6.07, 6.45) is 0. The van der Waals surface area contributed by atoms with Crippen molar-refractivity contribution in [3.05, 3.63) is 71.8 Å². The molecule has 3 nitrogen and oxygen atoms in total. The maximum atomic E-state index is 7.30. The molecule has 0 saturated carbocycles. The quantitative estimate of drug-likeness (QED) is 0.567. The molecular weight excluding hydrogens is 349 g/mol. The molecule has 0 atom stereocenters. The van der Waals surface area contributed by atoms with E-state index in [0.29, 0.717) is 0 Å². The highest BCUT2D eigenvalue weighted by Crippen LogP contribution is 2.11. The molecule has 0 spiro atoms. The van der Waals surface area contributed by atoms with Crippen LogP contribution in [0.5, 0.6) is 0 Å². The zero-order valence-corrected chi connectivity index (χ0v) is 15.3. The van der Waals surface area contributed by atoms with Gasteiger partial charge in [-0.2, -0.15) is 0 Å². The average molecular weight is 372 g/mol. The molecule has 2 aromatic carbocycles. The first-order valence-corrected chi connectivity index (χ1v) is 7.99. The minimum absolute atomic E-state index is 0. The molecule has 0 aromatic heterocycles. The third-order valence-electron chi connectivity index (χ3n) is 3.16. The van der Waals surface area contributed by atoms with E-state index in [-0.39, 0.29) is 30.0 Å². The van der Waals surface area contributed by atoms with Crippen LogP contribution < -0.4 is 5.73 Å². The van der Waals surface area contributed by atoms with Crippen LogP contribution in [0.1, 0.15) is 11.1 Å². The lowest BCUT2D eigenvalue weighted by Crippen LogP contribution is -2.26. The largest absolute Gasteiger partial charge is 0.379 e. The summed E-state index contributed by atoms with van der Waals surface area (Å²) in [7, 11) is 0. The summed E-state index contributed by atoms with van der Waals surface area (Å²) < 4.78 is 0. The zero-order chi connectivity index (χ0) is 14.9. The monoisotopic (exact) mass is 371 g/mol. The molecule has 0 bridgehead atoms. The summed E-state index contributed by atoms with van der Waals surface area (Å²) in [5.41, 5.74) is 8.02. The van der Waals surface area contributed by atoms with Crippen LogP contribution in [-0.2, 0) is 13.1 Å². The van der Waals surface area contributed by atoms with Crippen molar-refractivity contribution in [2.75, 3.05) is 12.3 Å². The Kier molecular flexibility index (Phi) is 11.6. The van der Waals surface area contributed by atoms with Crippen molar-refractivity contribution >= 4 is 41.7 Å². The number of nitrogens with two attached hydrogens (primary N) is 1. The number of amidine groups is 1. The number of thioether (sulfide) groups is 1. The van der Waals surface area contributed by atoms with Crippen molar-refractivity contribution < 1.29 is 0 Å². The number of hydrogen-bond donors (Lipinski definition) is 2. The van der Waals surface area contributed by atoms with Crippen molar-refractivity contribution in [3.63, 3.8) is 0 Å². The molecule has 0 amide bonds. The smallest absolute Gasteiger partial charge is 0.151 e. The predicted octanol–water partition coefficient (Wildman–Crippen LogP) is 4.16. The van der Waals surface area contributed by atoms with Crippen LogP contribution in [0.15, 0.2) is 60.7 Å². The van der Waals surface area contributed by atoms with Gasteiger partial charge in [-0.15, -0.1) is 24.8 Å². The summed E-state index contributed by atoms with van der Waals surface area (Å²) in [6, 6.07) is 21.0. The molecule has 0 aliphatic rings. The molecular formula is C17H23Cl2N3S. The van der Waals surface area contributed by atoms with Crippen LogP contribution in [0, 0.1) is 5.41 Å². The van der Waals surface area contributed by atoms with Crippen molar-refractivity contribution in [2.24, 2.45) is 5.73 Å². The molecule has 126 valence electrons. The van der Waals surface area contributed by atoms with E-state index in [4.69, 9.17) is 11.1 Å². The third-order valence-corrected chi connectivity index (χ3v) is 3.86. The van der Waals surface area contributed by atoms with Gasteiger partial charge < -0.3 is 5.73 Å². The first-order chi connectivity index (χ1) is 10.2. The Hall–Kier alpha value is -1.20. The first-order valence-electron chi connectivity index (χ1n) is 7.01. The minimum atomic E-state index is 0. The van der Waals surface area contributed by atoms with Crippen molar-refractivity contribution in [1.82, 2.24) is 4.90 Å². The lowest BCUT2D eigenvalue weighted by atomic mass is 10.1. The molecule has 2 aromatic rings. The van der Waals surface area contributed by atoms with Crippen LogP contribution in [0.25, 0.3) is 0 Å². The van der Waals surface area contributed by atoms with E-state index in [2.05, 4.69) is 53.4 Å². The summed E-state index contributed by atoms with van der Waals surface area (Å²) in [5, 5.41) is 7.49.